The molecule has 1 aliphatic heterocycles. The van der Waals surface area contributed by atoms with E-state index in [1.165, 1.54) is 25.8 Å². The Morgan fingerprint density at radius 2 is 1.78 bits per heavy atom. The van der Waals surface area contributed by atoms with E-state index in [1.54, 1.807) is 7.11 Å². The summed E-state index contributed by atoms with van der Waals surface area (Å²) in [6.45, 7) is 3.43. The van der Waals surface area contributed by atoms with Crippen molar-refractivity contribution in [2.45, 2.75) is 95.1 Å². The number of hydrogen-bond acceptors (Lipinski definition) is 5. The third-order valence-electron chi connectivity index (χ3n) is 9.10. The molecule has 2 aromatic rings. The van der Waals surface area contributed by atoms with Gasteiger partial charge in [-0.2, -0.15) is 0 Å². The molecule has 0 spiro atoms. The van der Waals surface area contributed by atoms with Gasteiger partial charge in [0.25, 0.3) is 0 Å². The van der Waals surface area contributed by atoms with Gasteiger partial charge in [0.05, 0.1) is 11.8 Å². The van der Waals surface area contributed by atoms with Crippen molar-refractivity contribution in [1.29, 1.82) is 0 Å². The molecule has 36 heavy (non-hydrogen) atoms. The van der Waals surface area contributed by atoms with Gasteiger partial charge in [-0.1, -0.05) is 16.8 Å². The number of methoxy groups -OCH3 is 1. The van der Waals surface area contributed by atoms with E-state index in [-0.39, 0.29) is 5.91 Å². The number of hydrogen-bond donors (Lipinski definition) is 1. The Labute approximate surface area is 220 Å². The second-order valence-electron chi connectivity index (χ2n) is 11.5. The molecule has 0 bridgehead atoms. The fourth-order valence-electron chi connectivity index (χ4n) is 6.74. The zero-order chi connectivity index (χ0) is 24.9. The van der Waals surface area contributed by atoms with Gasteiger partial charge in [-0.25, -0.2) is 0 Å². The van der Waals surface area contributed by atoms with Crippen LogP contribution in [0.1, 0.15) is 88.7 Å². The number of piperidine rings is 1. The maximum Gasteiger partial charge on any atom is 0.220 e. The molecule has 0 atom stereocenters. The summed E-state index contributed by atoms with van der Waals surface area (Å²) in [5.74, 6) is 2.05. The third-order valence-corrected chi connectivity index (χ3v) is 9.34. The lowest BCUT2D eigenvalue weighted by molar-refractivity contribution is -0.123. The van der Waals surface area contributed by atoms with Crippen LogP contribution in [0.3, 0.4) is 0 Å². The number of carbonyl (C=O) groups is 1. The predicted molar refractivity (Wildman–Crippen MR) is 143 cm³/mol. The number of fused-ring (bicyclic) bond motifs is 1. The SMILES string of the molecule is COC1CCC(CC(=O)NC2CCC(CCN3CCC(c4noc5ccc(Cl)cc45)CC3)CC2)CC1. The number of benzene rings is 1. The summed E-state index contributed by atoms with van der Waals surface area (Å²) in [5.41, 5.74) is 1.91. The van der Waals surface area contributed by atoms with Crippen LogP contribution in [0.25, 0.3) is 11.0 Å². The van der Waals surface area contributed by atoms with Gasteiger partial charge in [-0.3, -0.25) is 4.79 Å². The molecule has 198 valence electrons. The number of aromatic nitrogens is 1. The largest absolute Gasteiger partial charge is 0.381 e. The molecule has 0 radical (unpaired) electrons. The Morgan fingerprint density at radius 3 is 2.50 bits per heavy atom. The maximum absolute atomic E-state index is 12.6. The van der Waals surface area contributed by atoms with Crippen LogP contribution in [0.2, 0.25) is 5.02 Å². The van der Waals surface area contributed by atoms with Crippen LogP contribution in [0.5, 0.6) is 0 Å². The Bertz CT molecular complexity index is 987. The van der Waals surface area contributed by atoms with Crippen molar-refractivity contribution in [2.75, 3.05) is 26.7 Å². The first-order valence-corrected chi connectivity index (χ1v) is 14.5. The van der Waals surface area contributed by atoms with E-state index in [0.717, 1.165) is 92.1 Å². The van der Waals surface area contributed by atoms with Crippen molar-refractivity contribution in [2.24, 2.45) is 11.8 Å². The number of amides is 1. The number of ether oxygens (including phenoxy) is 1. The molecule has 2 heterocycles. The highest BCUT2D eigenvalue weighted by Crippen LogP contribution is 2.35. The third kappa shape index (κ3) is 6.62. The Kier molecular flexibility index (Phi) is 8.86. The van der Waals surface area contributed by atoms with Crippen LogP contribution in [-0.2, 0) is 9.53 Å². The normalized spacial score (nSPS) is 28.4. The van der Waals surface area contributed by atoms with Crippen molar-refractivity contribution in [1.82, 2.24) is 15.4 Å². The van der Waals surface area contributed by atoms with Crippen molar-refractivity contribution < 1.29 is 14.1 Å². The minimum Gasteiger partial charge on any atom is -0.381 e. The van der Waals surface area contributed by atoms with Gasteiger partial charge in [0.1, 0.15) is 0 Å². The first-order valence-electron chi connectivity index (χ1n) is 14.2. The van der Waals surface area contributed by atoms with Crippen LogP contribution < -0.4 is 5.32 Å². The summed E-state index contributed by atoms with van der Waals surface area (Å²) < 4.78 is 11.0. The van der Waals surface area contributed by atoms with E-state index >= 15 is 0 Å². The molecular formula is C29H42ClN3O3. The number of halogens is 1. The van der Waals surface area contributed by atoms with E-state index in [0.29, 0.717) is 30.4 Å². The lowest BCUT2D eigenvalue weighted by Crippen LogP contribution is -2.39. The minimum atomic E-state index is 0.268. The van der Waals surface area contributed by atoms with Gasteiger partial charge in [0.15, 0.2) is 5.58 Å². The summed E-state index contributed by atoms with van der Waals surface area (Å²) in [7, 11) is 1.80. The molecule has 2 aliphatic carbocycles. The topological polar surface area (TPSA) is 67.6 Å². The average molecular weight is 516 g/mol. The van der Waals surface area contributed by atoms with Crippen LogP contribution in [0, 0.1) is 11.8 Å². The monoisotopic (exact) mass is 515 g/mol. The number of nitrogens with zero attached hydrogens (tertiary/aromatic N) is 2. The number of likely N-dealkylation sites (tertiary alicyclic amines) is 1. The molecule has 5 rings (SSSR count). The highest BCUT2D eigenvalue weighted by atomic mass is 35.5. The molecule has 2 saturated carbocycles. The molecule has 1 N–H and O–H groups in total. The first-order chi connectivity index (χ1) is 17.6. The first kappa shape index (κ1) is 26.0. The van der Waals surface area contributed by atoms with Crippen molar-refractivity contribution in [3.05, 3.63) is 28.9 Å². The van der Waals surface area contributed by atoms with Crippen LogP contribution >= 0.6 is 11.6 Å². The predicted octanol–water partition coefficient (Wildman–Crippen LogP) is 6.32. The molecule has 1 amide bonds. The highest BCUT2D eigenvalue weighted by molar-refractivity contribution is 6.31. The molecule has 6 nitrogen and oxygen atoms in total. The van der Waals surface area contributed by atoms with Crippen molar-refractivity contribution >= 4 is 28.5 Å². The van der Waals surface area contributed by atoms with Gasteiger partial charge in [-0.05, 0) is 120 Å². The summed E-state index contributed by atoms with van der Waals surface area (Å²) in [4.78, 5) is 15.2. The molecule has 1 saturated heterocycles. The van der Waals surface area contributed by atoms with Crippen molar-refractivity contribution in [3.63, 3.8) is 0 Å². The number of nitrogens with one attached hydrogen (secondary N) is 1. The van der Waals surface area contributed by atoms with E-state index in [2.05, 4.69) is 15.4 Å². The Hall–Kier alpha value is -1.63. The smallest absolute Gasteiger partial charge is 0.220 e. The van der Waals surface area contributed by atoms with E-state index < -0.39 is 0 Å². The quantitative estimate of drug-likeness (QED) is 0.445. The van der Waals surface area contributed by atoms with Gasteiger partial charge < -0.3 is 19.5 Å². The van der Waals surface area contributed by atoms with Gasteiger partial charge in [-0.15, -0.1) is 0 Å². The molecular weight excluding hydrogens is 474 g/mol. The second-order valence-corrected chi connectivity index (χ2v) is 11.9. The molecule has 3 fully saturated rings. The molecule has 0 unspecified atom stereocenters. The zero-order valence-corrected chi connectivity index (χ0v) is 22.5. The van der Waals surface area contributed by atoms with E-state index in [4.69, 9.17) is 20.9 Å². The molecule has 1 aromatic carbocycles. The second kappa shape index (κ2) is 12.3. The summed E-state index contributed by atoms with van der Waals surface area (Å²) in [6, 6.07) is 6.14. The van der Waals surface area contributed by atoms with Gasteiger partial charge in [0.2, 0.25) is 5.91 Å². The number of carbonyl (C=O) groups excluding carboxylic acids is 1. The van der Waals surface area contributed by atoms with Crippen LogP contribution in [0.15, 0.2) is 22.7 Å². The Morgan fingerprint density at radius 1 is 1.06 bits per heavy atom. The van der Waals surface area contributed by atoms with Crippen LogP contribution in [0.4, 0.5) is 0 Å². The van der Waals surface area contributed by atoms with E-state index in [9.17, 15) is 4.79 Å². The Balaban J connectivity index is 0.976. The standard InChI is InChI=1S/C29H42ClN3O3/c1-35-25-9-4-21(5-10-25)18-28(34)31-24-7-2-20(3-8-24)12-15-33-16-13-22(14-17-33)29-26-19-23(30)6-11-27(26)36-32-29/h6,11,19-22,24-25H,2-5,7-10,12-18H2,1H3,(H,31,34). The fourth-order valence-corrected chi connectivity index (χ4v) is 6.91. The maximum atomic E-state index is 12.6. The fraction of sp³-hybridized carbons (Fsp3) is 0.724. The average Bonchev–Trinajstić information content (AvgIpc) is 3.32. The van der Waals surface area contributed by atoms with Crippen molar-refractivity contribution in [3.8, 4) is 0 Å². The summed E-state index contributed by atoms with van der Waals surface area (Å²) in [6.07, 6.45) is 13.8. The zero-order valence-electron chi connectivity index (χ0n) is 21.7. The minimum absolute atomic E-state index is 0.268. The highest BCUT2D eigenvalue weighted by Gasteiger charge is 2.28. The number of rotatable bonds is 8. The lowest BCUT2D eigenvalue weighted by atomic mass is 9.83. The van der Waals surface area contributed by atoms with Gasteiger partial charge in [0, 0.05) is 35.9 Å². The summed E-state index contributed by atoms with van der Waals surface area (Å²) in [5, 5.41) is 9.55. The van der Waals surface area contributed by atoms with Crippen LogP contribution in [-0.4, -0.2) is 54.9 Å². The van der Waals surface area contributed by atoms with Gasteiger partial charge >= 0.3 is 0 Å². The lowest BCUT2D eigenvalue weighted by Gasteiger charge is -2.34. The summed E-state index contributed by atoms with van der Waals surface area (Å²) >= 11 is 6.20. The molecule has 1 aromatic heterocycles. The molecule has 7 heteroatoms. The molecule has 3 aliphatic rings. The van der Waals surface area contributed by atoms with E-state index in [1.807, 2.05) is 18.2 Å².